The van der Waals surface area contributed by atoms with Crippen LogP contribution in [0.3, 0.4) is 0 Å². The summed E-state index contributed by atoms with van der Waals surface area (Å²) < 4.78 is 13.2. The molecule has 1 aromatic heterocycles. The summed E-state index contributed by atoms with van der Waals surface area (Å²) in [6.45, 7) is 7.18. The van der Waals surface area contributed by atoms with Gasteiger partial charge in [-0.25, -0.2) is 9.37 Å². The summed E-state index contributed by atoms with van der Waals surface area (Å²) in [6.07, 6.45) is 4.62. The van der Waals surface area contributed by atoms with Crippen molar-refractivity contribution in [3.05, 3.63) is 59.9 Å². The SMILES string of the molecule is CC[NH+]1CCN(C(=O)CCN(Cc2ccc(F)cc2)C(=O)c2cnccn2)CC1. The molecule has 0 saturated carbocycles. The lowest BCUT2D eigenvalue weighted by Crippen LogP contribution is -3.14. The molecule has 8 heteroatoms. The molecule has 0 aliphatic carbocycles. The first-order chi connectivity index (χ1) is 14.1. The summed E-state index contributed by atoms with van der Waals surface area (Å²) in [7, 11) is 0. The Morgan fingerprint density at radius 1 is 1.17 bits per heavy atom. The predicted octanol–water partition coefficient (Wildman–Crippen LogP) is 0.395. The molecule has 2 amide bonds. The lowest BCUT2D eigenvalue weighted by atomic mass is 10.2. The fourth-order valence-corrected chi connectivity index (χ4v) is 3.45. The number of carbonyl (C=O) groups excluding carboxylic acids is 2. The first kappa shape index (κ1) is 20.9. The van der Waals surface area contributed by atoms with E-state index in [2.05, 4.69) is 16.9 Å². The average molecular weight is 400 g/mol. The molecule has 0 atom stereocenters. The monoisotopic (exact) mass is 400 g/mol. The zero-order valence-electron chi connectivity index (χ0n) is 16.7. The molecule has 154 valence electrons. The van der Waals surface area contributed by atoms with Crippen LogP contribution >= 0.6 is 0 Å². The van der Waals surface area contributed by atoms with Crippen LogP contribution in [0.2, 0.25) is 0 Å². The molecule has 1 N–H and O–H groups in total. The Morgan fingerprint density at radius 2 is 1.90 bits per heavy atom. The van der Waals surface area contributed by atoms with Crippen molar-refractivity contribution in [3.8, 4) is 0 Å². The van der Waals surface area contributed by atoms with Crippen molar-refractivity contribution >= 4 is 11.8 Å². The highest BCUT2D eigenvalue weighted by molar-refractivity contribution is 5.92. The molecule has 1 aliphatic heterocycles. The van der Waals surface area contributed by atoms with Crippen LogP contribution in [0.5, 0.6) is 0 Å². The van der Waals surface area contributed by atoms with Gasteiger partial charge < -0.3 is 14.7 Å². The van der Waals surface area contributed by atoms with E-state index in [1.165, 1.54) is 35.6 Å². The molecule has 29 heavy (non-hydrogen) atoms. The van der Waals surface area contributed by atoms with E-state index in [4.69, 9.17) is 0 Å². The molecule has 3 rings (SSSR count). The minimum atomic E-state index is -0.330. The van der Waals surface area contributed by atoms with Crippen molar-refractivity contribution in [3.63, 3.8) is 0 Å². The van der Waals surface area contributed by atoms with Gasteiger partial charge in [-0.3, -0.25) is 14.6 Å². The molecule has 0 radical (unpaired) electrons. The second-order valence-electron chi connectivity index (χ2n) is 7.18. The fraction of sp³-hybridized carbons (Fsp3) is 0.429. The first-order valence-corrected chi connectivity index (χ1v) is 9.98. The molecule has 1 fully saturated rings. The Labute approximate surface area is 170 Å². The zero-order chi connectivity index (χ0) is 20.6. The summed E-state index contributed by atoms with van der Waals surface area (Å²) in [5, 5.41) is 0. The van der Waals surface area contributed by atoms with Crippen molar-refractivity contribution in [2.75, 3.05) is 39.3 Å². The number of hydrogen-bond acceptors (Lipinski definition) is 4. The molecule has 1 aromatic carbocycles. The highest BCUT2D eigenvalue weighted by Gasteiger charge is 2.24. The maximum Gasteiger partial charge on any atom is 0.274 e. The molecular weight excluding hydrogens is 373 g/mol. The second-order valence-corrected chi connectivity index (χ2v) is 7.18. The third-order valence-corrected chi connectivity index (χ3v) is 5.28. The first-order valence-electron chi connectivity index (χ1n) is 9.98. The largest absolute Gasteiger partial charge is 0.332 e. The number of amides is 2. The topological polar surface area (TPSA) is 70.8 Å². The predicted molar refractivity (Wildman–Crippen MR) is 106 cm³/mol. The highest BCUT2D eigenvalue weighted by atomic mass is 19.1. The molecule has 1 aliphatic rings. The van der Waals surface area contributed by atoms with E-state index >= 15 is 0 Å². The third-order valence-electron chi connectivity index (χ3n) is 5.28. The number of nitrogens with zero attached hydrogens (tertiary/aromatic N) is 4. The highest BCUT2D eigenvalue weighted by Crippen LogP contribution is 2.11. The summed E-state index contributed by atoms with van der Waals surface area (Å²) in [5.41, 5.74) is 1.01. The van der Waals surface area contributed by atoms with E-state index in [9.17, 15) is 14.0 Å². The van der Waals surface area contributed by atoms with Crippen LogP contribution in [-0.4, -0.2) is 70.9 Å². The number of likely N-dealkylation sites (N-methyl/N-ethyl adjacent to an activating group) is 1. The summed E-state index contributed by atoms with van der Waals surface area (Å²) in [4.78, 5) is 38.5. The van der Waals surface area contributed by atoms with Gasteiger partial charge in [-0.15, -0.1) is 0 Å². The van der Waals surface area contributed by atoms with Gasteiger partial charge in [0.2, 0.25) is 5.91 Å². The quantitative estimate of drug-likeness (QED) is 0.730. The average Bonchev–Trinajstić information content (AvgIpc) is 2.78. The number of carbonyl (C=O) groups is 2. The number of piperazine rings is 1. The molecule has 1 saturated heterocycles. The van der Waals surface area contributed by atoms with Gasteiger partial charge in [-0.2, -0.15) is 0 Å². The van der Waals surface area contributed by atoms with Crippen LogP contribution in [0.15, 0.2) is 42.9 Å². The van der Waals surface area contributed by atoms with E-state index in [-0.39, 0.29) is 42.8 Å². The van der Waals surface area contributed by atoms with Crippen LogP contribution < -0.4 is 4.90 Å². The van der Waals surface area contributed by atoms with E-state index < -0.39 is 0 Å². The van der Waals surface area contributed by atoms with Crippen molar-refractivity contribution in [2.24, 2.45) is 0 Å². The van der Waals surface area contributed by atoms with Crippen LogP contribution in [-0.2, 0) is 11.3 Å². The van der Waals surface area contributed by atoms with E-state index in [1.807, 2.05) is 4.90 Å². The van der Waals surface area contributed by atoms with E-state index in [1.54, 1.807) is 17.0 Å². The van der Waals surface area contributed by atoms with Gasteiger partial charge in [0, 0.05) is 31.9 Å². The Balaban J connectivity index is 1.65. The van der Waals surface area contributed by atoms with Crippen molar-refractivity contribution in [1.82, 2.24) is 19.8 Å². The smallest absolute Gasteiger partial charge is 0.274 e. The van der Waals surface area contributed by atoms with Crippen molar-refractivity contribution in [1.29, 1.82) is 0 Å². The maximum atomic E-state index is 13.2. The number of rotatable bonds is 7. The molecule has 2 heterocycles. The van der Waals surface area contributed by atoms with Crippen LogP contribution in [0.25, 0.3) is 0 Å². The minimum absolute atomic E-state index is 0.0520. The van der Waals surface area contributed by atoms with Gasteiger partial charge in [-0.1, -0.05) is 12.1 Å². The Kier molecular flexibility index (Phi) is 7.24. The maximum absolute atomic E-state index is 13.2. The normalized spacial score (nSPS) is 14.6. The van der Waals surface area contributed by atoms with Crippen molar-refractivity contribution in [2.45, 2.75) is 19.9 Å². The second kappa shape index (κ2) is 10.1. The number of halogens is 1. The molecule has 2 aromatic rings. The molecular formula is C21H27FN5O2+. The molecule has 0 bridgehead atoms. The van der Waals surface area contributed by atoms with Gasteiger partial charge in [0.05, 0.1) is 38.9 Å². The summed E-state index contributed by atoms with van der Waals surface area (Å²) in [5.74, 6) is -0.573. The standard InChI is InChI=1S/C21H26FN5O2/c1-2-25-11-13-26(14-12-25)20(28)7-10-27(16-17-3-5-18(22)6-4-17)21(29)19-15-23-8-9-24-19/h3-6,8-9,15H,2,7,10-14,16H2,1H3/p+1. The Morgan fingerprint density at radius 3 is 2.52 bits per heavy atom. The van der Waals surface area contributed by atoms with Crippen LogP contribution in [0, 0.1) is 5.82 Å². The van der Waals surface area contributed by atoms with Gasteiger partial charge in [0.1, 0.15) is 11.5 Å². The lowest BCUT2D eigenvalue weighted by molar-refractivity contribution is -0.902. The number of aromatic nitrogens is 2. The van der Waals surface area contributed by atoms with E-state index in [0.717, 1.165) is 38.3 Å². The van der Waals surface area contributed by atoms with Gasteiger partial charge in [-0.05, 0) is 24.6 Å². The molecule has 0 spiro atoms. The van der Waals surface area contributed by atoms with Gasteiger partial charge >= 0.3 is 0 Å². The summed E-state index contributed by atoms with van der Waals surface area (Å²) in [6, 6.07) is 6.00. The lowest BCUT2D eigenvalue weighted by Gasteiger charge is -2.32. The Hall–Kier alpha value is -2.87. The molecule has 0 unspecified atom stereocenters. The van der Waals surface area contributed by atoms with Gasteiger partial charge in [0.15, 0.2) is 0 Å². The number of hydrogen-bond donors (Lipinski definition) is 1. The minimum Gasteiger partial charge on any atom is -0.332 e. The summed E-state index contributed by atoms with van der Waals surface area (Å²) >= 11 is 0. The fourth-order valence-electron chi connectivity index (χ4n) is 3.45. The van der Waals surface area contributed by atoms with E-state index in [0.29, 0.717) is 0 Å². The van der Waals surface area contributed by atoms with Crippen molar-refractivity contribution < 1.29 is 18.9 Å². The molecule has 7 nitrogen and oxygen atoms in total. The number of benzene rings is 1. The zero-order valence-corrected chi connectivity index (χ0v) is 16.7. The Bertz CT molecular complexity index is 808. The van der Waals surface area contributed by atoms with Crippen LogP contribution in [0.4, 0.5) is 4.39 Å². The third kappa shape index (κ3) is 5.80. The van der Waals surface area contributed by atoms with Gasteiger partial charge in [0.25, 0.3) is 5.91 Å². The number of quaternary nitrogens is 1. The van der Waals surface area contributed by atoms with Crippen LogP contribution in [0.1, 0.15) is 29.4 Å². The number of nitrogens with one attached hydrogen (secondary N) is 1.